The smallest absolute Gasteiger partial charge is 0.251 e. The van der Waals surface area contributed by atoms with E-state index in [9.17, 15) is 4.79 Å². The zero-order valence-corrected chi connectivity index (χ0v) is 26.4. The number of benzene rings is 3. The van der Waals surface area contributed by atoms with Crippen LogP contribution in [0.1, 0.15) is 21.5 Å². The molecular weight excluding hydrogens is 590 g/mol. The van der Waals surface area contributed by atoms with Crippen LogP contribution in [-0.2, 0) is 22.6 Å². The summed E-state index contributed by atoms with van der Waals surface area (Å²) >= 11 is 0. The quantitative estimate of drug-likeness (QED) is 0.104. The molecule has 0 saturated carbocycles. The van der Waals surface area contributed by atoms with Crippen LogP contribution < -0.4 is 35.5 Å². The molecule has 0 atom stereocenters. The Labute approximate surface area is 269 Å². The van der Waals surface area contributed by atoms with E-state index >= 15 is 0 Å². The number of methoxy groups -OCH3 is 3. The van der Waals surface area contributed by atoms with Crippen LogP contribution in [-0.4, -0.2) is 81.7 Å². The number of carbonyl (C=O) groups is 1. The topological polar surface area (TPSA) is 150 Å². The fourth-order valence-corrected chi connectivity index (χ4v) is 4.29. The molecule has 0 saturated heterocycles. The maximum atomic E-state index is 12.1. The van der Waals surface area contributed by atoms with E-state index in [1.165, 1.54) is 0 Å². The molecule has 13 heteroatoms. The molecule has 0 aliphatic rings. The second-order valence-corrected chi connectivity index (χ2v) is 9.79. The van der Waals surface area contributed by atoms with E-state index in [0.717, 1.165) is 16.9 Å². The lowest BCUT2D eigenvalue weighted by molar-refractivity contribution is 0.0519. The van der Waals surface area contributed by atoms with Crippen molar-refractivity contribution in [3.63, 3.8) is 0 Å². The normalized spacial score (nSPS) is 10.6. The highest BCUT2D eigenvalue weighted by Gasteiger charge is 2.12. The maximum Gasteiger partial charge on any atom is 0.251 e. The molecule has 4 rings (SSSR count). The summed E-state index contributed by atoms with van der Waals surface area (Å²) in [4.78, 5) is 25.7. The van der Waals surface area contributed by atoms with Crippen molar-refractivity contribution in [3.8, 4) is 17.2 Å². The zero-order chi connectivity index (χ0) is 32.4. The van der Waals surface area contributed by atoms with Crippen LogP contribution in [0, 0.1) is 0 Å². The molecule has 3 aromatic carbocycles. The SMILES string of the molecule is COc1ccc(CNc2nc(NCCOCCOCCNC(=O)c3ccccc3)nc(NCc3cccc(OC)c3OC)n2)cc1. The average molecular weight is 632 g/mol. The first kappa shape index (κ1) is 33.7. The van der Waals surface area contributed by atoms with Gasteiger partial charge in [0, 0.05) is 37.3 Å². The number of rotatable bonds is 20. The highest BCUT2D eigenvalue weighted by Crippen LogP contribution is 2.31. The Morgan fingerprint density at radius 1 is 0.630 bits per heavy atom. The largest absolute Gasteiger partial charge is 0.497 e. The van der Waals surface area contributed by atoms with Crippen LogP contribution in [0.4, 0.5) is 17.8 Å². The van der Waals surface area contributed by atoms with Crippen molar-refractivity contribution in [2.24, 2.45) is 0 Å². The molecular formula is C33H41N7O6. The van der Waals surface area contributed by atoms with Crippen LogP contribution >= 0.6 is 0 Å². The van der Waals surface area contributed by atoms with Crippen molar-refractivity contribution in [2.45, 2.75) is 13.1 Å². The molecule has 0 fully saturated rings. The molecule has 1 heterocycles. The van der Waals surface area contributed by atoms with Crippen molar-refractivity contribution >= 4 is 23.8 Å². The Balaban J connectivity index is 1.25. The van der Waals surface area contributed by atoms with E-state index in [4.69, 9.17) is 23.7 Å². The molecule has 4 aromatic rings. The third-order valence-electron chi connectivity index (χ3n) is 6.64. The van der Waals surface area contributed by atoms with Crippen molar-refractivity contribution in [1.82, 2.24) is 20.3 Å². The summed E-state index contributed by atoms with van der Waals surface area (Å²) in [7, 11) is 4.85. The standard InChI is InChI=1S/C33H41N7O6/c1-42-27-14-12-24(13-15-27)22-36-32-38-31(39-33(40-32)37-23-26-10-7-11-28(43-2)29(26)44-3)35-17-19-46-21-20-45-18-16-34-30(41)25-8-5-4-6-9-25/h4-15H,16-23H2,1-3H3,(H,34,41)(H3,35,36,37,38,39,40). The molecule has 0 unspecified atom stereocenters. The predicted molar refractivity (Wildman–Crippen MR) is 176 cm³/mol. The second-order valence-electron chi connectivity index (χ2n) is 9.79. The Kier molecular flexibility index (Phi) is 13.7. The van der Waals surface area contributed by atoms with Gasteiger partial charge in [0.1, 0.15) is 5.75 Å². The summed E-state index contributed by atoms with van der Waals surface area (Å²) in [5, 5.41) is 12.6. The molecule has 0 aliphatic carbocycles. The molecule has 4 N–H and O–H groups in total. The van der Waals surface area contributed by atoms with E-state index in [0.29, 0.717) is 87.5 Å². The van der Waals surface area contributed by atoms with Gasteiger partial charge in [0.15, 0.2) is 11.5 Å². The van der Waals surface area contributed by atoms with Crippen molar-refractivity contribution < 1.29 is 28.5 Å². The van der Waals surface area contributed by atoms with Crippen LogP contribution in [0.2, 0.25) is 0 Å². The minimum Gasteiger partial charge on any atom is -0.497 e. The number of hydrogen-bond donors (Lipinski definition) is 4. The van der Waals surface area contributed by atoms with E-state index in [2.05, 4.69) is 36.2 Å². The third kappa shape index (κ3) is 10.8. The highest BCUT2D eigenvalue weighted by atomic mass is 16.5. The lowest BCUT2D eigenvalue weighted by atomic mass is 10.2. The monoisotopic (exact) mass is 631 g/mol. The average Bonchev–Trinajstić information content (AvgIpc) is 3.10. The van der Waals surface area contributed by atoms with E-state index in [1.54, 1.807) is 33.5 Å². The van der Waals surface area contributed by atoms with Gasteiger partial charge in [-0.1, -0.05) is 42.5 Å². The van der Waals surface area contributed by atoms with Crippen molar-refractivity contribution in [2.75, 3.05) is 76.8 Å². The molecule has 1 aromatic heterocycles. The maximum absolute atomic E-state index is 12.1. The summed E-state index contributed by atoms with van der Waals surface area (Å²) in [6, 6.07) is 22.5. The number of nitrogens with zero attached hydrogens (tertiary/aromatic N) is 3. The van der Waals surface area contributed by atoms with Crippen LogP contribution in [0.15, 0.2) is 72.8 Å². The number of anilines is 3. The molecule has 0 aliphatic heterocycles. The summed E-state index contributed by atoms with van der Waals surface area (Å²) < 4.78 is 27.5. The van der Waals surface area contributed by atoms with Gasteiger partial charge in [0.2, 0.25) is 17.8 Å². The second kappa shape index (κ2) is 18.6. The molecule has 244 valence electrons. The van der Waals surface area contributed by atoms with Crippen molar-refractivity contribution in [1.29, 1.82) is 0 Å². The summed E-state index contributed by atoms with van der Waals surface area (Å²) in [6.45, 7) is 3.44. The molecule has 46 heavy (non-hydrogen) atoms. The Morgan fingerprint density at radius 3 is 1.93 bits per heavy atom. The fourth-order valence-electron chi connectivity index (χ4n) is 4.29. The number of ether oxygens (including phenoxy) is 5. The van der Waals surface area contributed by atoms with Gasteiger partial charge in [-0.25, -0.2) is 0 Å². The van der Waals surface area contributed by atoms with E-state index < -0.39 is 0 Å². The lowest BCUT2D eigenvalue weighted by Crippen LogP contribution is -2.27. The third-order valence-corrected chi connectivity index (χ3v) is 6.64. The first-order valence-electron chi connectivity index (χ1n) is 14.9. The van der Waals surface area contributed by atoms with Crippen molar-refractivity contribution in [3.05, 3.63) is 89.5 Å². The Hall–Kier alpha value is -5.14. The number of nitrogens with one attached hydrogen (secondary N) is 4. The number of aromatic nitrogens is 3. The highest BCUT2D eigenvalue weighted by molar-refractivity contribution is 5.94. The first-order valence-corrected chi connectivity index (χ1v) is 14.9. The van der Waals surface area contributed by atoms with Crippen LogP contribution in [0.5, 0.6) is 17.2 Å². The van der Waals surface area contributed by atoms with E-state index in [1.807, 2.05) is 60.7 Å². The molecule has 0 spiro atoms. The number of para-hydroxylation sites is 1. The van der Waals surface area contributed by atoms with E-state index in [-0.39, 0.29) is 5.91 Å². The van der Waals surface area contributed by atoms with Gasteiger partial charge in [-0.3, -0.25) is 4.79 Å². The Bertz CT molecular complexity index is 1490. The van der Waals surface area contributed by atoms with Gasteiger partial charge in [-0.05, 0) is 35.9 Å². The van der Waals surface area contributed by atoms with Gasteiger partial charge < -0.3 is 45.0 Å². The van der Waals surface area contributed by atoms with Crippen LogP contribution in [0.3, 0.4) is 0 Å². The van der Waals surface area contributed by atoms with Gasteiger partial charge in [-0.15, -0.1) is 0 Å². The molecule has 0 radical (unpaired) electrons. The van der Waals surface area contributed by atoms with Gasteiger partial charge in [0.05, 0.1) is 47.8 Å². The molecule has 1 amide bonds. The lowest BCUT2D eigenvalue weighted by Gasteiger charge is -2.14. The summed E-state index contributed by atoms with van der Waals surface area (Å²) in [5.41, 5.74) is 2.55. The molecule has 13 nitrogen and oxygen atoms in total. The van der Waals surface area contributed by atoms with Crippen LogP contribution in [0.25, 0.3) is 0 Å². The van der Waals surface area contributed by atoms with Gasteiger partial charge in [-0.2, -0.15) is 15.0 Å². The predicted octanol–water partition coefficient (Wildman–Crippen LogP) is 4.00. The minimum atomic E-state index is -0.123. The number of hydrogen-bond acceptors (Lipinski definition) is 12. The minimum absolute atomic E-state index is 0.123. The summed E-state index contributed by atoms with van der Waals surface area (Å²) in [6.07, 6.45) is 0. The number of amides is 1. The Morgan fingerprint density at radius 2 is 1.28 bits per heavy atom. The number of carbonyl (C=O) groups excluding carboxylic acids is 1. The first-order chi connectivity index (χ1) is 22.6. The fraction of sp³-hybridized carbons (Fsp3) is 0.333. The molecule has 0 bridgehead atoms. The van der Waals surface area contributed by atoms with Gasteiger partial charge >= 0.3 is 0 Å². The van der Waals surface area contributed by atoms with Gasteiger partial charge in [0.25, 0.3) is 5.91 Å². The summed E-state index contributed by atoms with van der Waals surface area (Å²) in [5.74, 6) is 3.12. The zero-order valence-electron chi connectivity index (χ0n) is 26.4.